The summed E-state index contributed by atoms with van der Waals surface area (Å²) in [6.45, 7) is 9.80. The van der Waals surface area contributed by atoms with E-state index in [1.807, 2.05) is 36.4 Å². The van der Waals surface area contributed by atoms with Gasteiger partial charge in [-0.3, -0.25) is 14.5 Å². The number of ketones is 2. The molecule has 4 nitrogen and oxygen atoms in total. The number of carbonyl (C=O) groups is 2. The van der Waals surface area contributed by atoms with E-state index < -0.39 is 5.78 Å². The number of benzene rings is 2. The Morgan fingerprint density at radius 1 is 0.857 bits per heavy atom. The van der Waals surface area contributed by atoms with Crippen LogP contribution in [0.5, 0.6) is 0 Å². The Morgan fingerprint density at radius 3 is 2.11 bits per heavy atom. The largest absolute Gasteiger partial charge is 0.351 e. The zero-order chi connectivity index (χ0) is 20.1. The molecule has 2 aliphatic rings. The highest BCUT2D eigenvalue weighted by Gasteiger charge is 2.42. The van der Waals surface area contributed by atoms with Crippen molar-refractivity contribution >= 4 is 17.3 Å². The molecular formula is C24H26N2O2. The van der Waals surface area contributed by atoms with E-state index in [-0.39, 0.29) is 17.4 Å². The Labute approximate surface area is 166 Å². The van der Waals surface area contributed by atoms with Crippen LogP contribution in [0.3, 0.4) is 0 Å². The standard InChI is InChI=1S/C24H26N2O2/c1-16(17-10-6-5-7-11-17)26-15-25(24(2,3)4)14-20-21(26)18-12-8-9-13-19(18)22(27)23(20)28/h5-13,16H,14-15H2,1-4H3. The summed E-state index contributed by atoms with van der Waals surface area (Å²) < 4.78 is 0. The first-order valence-corrected chi connectivity index (χ1v) is 9.77. The van der Waals surface area contributed by atoms with Crippen LogP contribution in [-0.2, 0) is 4.79 Å². The van der Waals surface area contributed by atoms with E-state index in [9.17, 15) is 9.59 Å². The Hall–Kier alpha value is -2.72. The quantitative estimate of drug-likeness (QED) is 0.735. The first kappa shape index (κ1) is 18.6. The molecule has 0 bridgehead atoms. The van der Waals surface area contributed by atoms with Crippen LogP contribution in [0, 0.1) is 0 Å². The molecule has 1 aliphatic heterocycles. The topological polar surface area (TPSA) is 40.6 Å². The van der Waals surface area contributed by atoms with Crippen LogP contribution in [0.2, 0.25) is 0 Å². The van der Waals surface area contributed by atoms with Gasteiger partial charge in [-0.1, -0.05) is 54.6 Å². The molecule has 0 radical (unpaired) electrons. The molecule has 1 atom stereocenters. The van der Waals surface area contributed by atoms with Gasteiger partial charge in [0.05, 0.1) is 18.4 Å². The third-order valence-corrected chi connectivity index (χ3v) is 5.85. The fourth-order valence-corrected chi connectivity index (χ4v) is 4.06. The monoisotopic (exact) mass is 374 g/mol. The number of nitrogens with zero attached hydrogens (tertiary/aromatic N) is 2. The van der Waals surface area contributed by atoms with Gasteiger partial charge in [0.2, 0.25) is 11.6 Å². The summed E-state index contributed by atoms with van der Waals surface area (Å²) in [5, 5.41) is 0. The number of hydrogen-bond donors (Lipinski definition) is 0. The van der Waals surface area contributed by atoms with Gasteiger partial charge >= 0.3 is 0 Å². The van der Waals surface area contributed by atoms with E-state index in [0.717, 1.165) is 11.3 Å². The second-order valence-corrected chi connectivity index (χ2v) is 8.60. The van der Waals surface area contributed by atoms with Crippen molar-refractivity contribution in [1.82, 2.24) is 9.80 Å². The fourth-order valence-electron chi connectivity index (χ4n) is 4.06. The van der Waals surface area contributed by atoms with Crippen molar-refractivity contribution in [3.05, 3.63) is 76.9 Å². The number of Topliss-reactive ketones (excluding diaryl/α,β-unsaturated/α-hetero) is 2. The molecule has 0 saturated heterocycles. The van der Waals surface area contributed by atoms with Gasteiger partial charge in [-0.2, -0.15) is 0 Å². The van der Waals surface area contributed by atoms with Gasteiger partial charge in [-0.05, 0) is 33.3 Å². The Balaban J connectivity index is 1.90. The lowest BCUT2D eigenvalue weighted by Crippen LogP contribution is -2.54. The van der Waals surface area contributed by atoms with Crippen molar-refractivity contribution in [1.29, 1.82) is 0 Å². The van der Waals surface area contributed by atoms with Crippen LogP contribution in [0.4, 0.5) is 0 Å². The summed E-state index contributed by atoms with van der Waals surface area (Å²) in [4.78, 5) is 30.3. The SMILES string of the molecule is CC(c1ccccc1)N1CN(C(C)(C)C)CC2=C1c1ccccc1C(=O)C2=O. The summed E-state index contributed by atoms with van der Waals surface area (Å²) in [5.74, 6) is -0.759. The Morgan fingerprint density at radius 2 is 1.46 bits per heavy atom. The first-order valence-electron chi connectivity index (χ1n) is 9.77. The molecule has 2 aromatic carbocycles. The van der Waals surface area contributed by atoms with Gasteiger partial charge in [-0.15, -0.1) is 0 Å². The Kier molecular flexibility index (Phi) is 4.47. The van der Waals surface area contributed by atoms with Crippen LogP contribution in [0.15, 0.2) is 60.2 Å². The van der Waals surface area contributed by atoms with Gasteiger partial charge < -0.3 is 4.90 Å². The zero-order valence-electron chi connectivity index (χ0n) is 16.9. The second-order valence-electron chi connectivity index (χ2n) is 8.60. The highest BCUT2D eigenvalue weighted by atomic mass is 16.2. The summed E-state index contributed by atoms with van der Waals surface area (Å²) in [6, 6.07) is 17.9. The van der Waals surface area contributed by atoms with Crippen molar-refractivity contribution in [2.24, 2.45) is 0 Å². The molecule has 0 N–H and O–H groups in total. The molecule has 0 aromatic heterocycles. The summed E-state index contributed by atoms with van der Waals surface area (Å²) >= 11 is 0. The lowest BCUT2D eigenvalue weighted by Gasteiger charge is -2.48. The molecule has 4 heteroatoms. The van der Waals surface area contributed by atoms with Crippen LogP contribution in [0.1, 0.15) is 55.2 Å². The molecule has 0 amide bonds. The minimum absolute atomic E-state index is 0.0745. The van der Waals surface area contributed by atoms with E-state index in [0.29, 0.717) is 24.4 Å². The van der Waals surface area contributed by atoms with Crippen LogP contribution in [0.25, 0.3) is 5.70 Å². The van der Waals surface area contributed by atoms with Gasteiger partial charge in [0.25, 0.3) is 0 Å². The zero-order valence-corrected chi connectivity index (χ0v) is 16.9. The van der Waals surface area contributed by atoms with Crippen molar-refractivity contribution in [2.45, 2.75) is 39.3 Å². The van der Waals surface area contributed by atoms with E-state index in [1.54, 1.807) is 6.07 Å². The smallest absolute Gasteiger partial charge is 0.233 e. The maximum atomic E-state index is 13.0. The average molecular weight is 374 g/mol. The van der Waals surface area contributed by atoms with Gasteiger partial charge in [0, 0.05) is 28.8 Å². The lowest BCUT2D eigenvalue weighted by molar-refractivity contribution is -0.112. The number of carbonyl (C=O) groups excluding carboxylic acids is 2. The molecule has 144 valence electrons. The third kappa shape index (κ3) is 2.98. The van der Waals surface area contributed by atoms with E-state index in [2.05, 4.69) is 49.6 Å². The maximum Gasteiger partial charge on any atom is 0.233 e. The molecule has 0 spiro atoms. The molecule has 1 aliphatic carbocycles. The number of rotatable bonds is 2. The predicted octanol–water partition coefficient (Wildman–Crippen LogP) is 4.30. The highest BCUT2D eigenvalue weighted by Crippen LogP contribution is 2.41. The molecule has 2 aromatic rings. The lowest BCUT2D eigenvalue weighted by atomic mass is 9.84. The normalized spacial score (nSPS) is 18.8. The molecule has 0 saturated carbocycles. The average Bonchev–Trinajstić information content (AvgIpc) is 2.70. The number of fused-ring (bicyclic) bond motifs is 2. The fraction of sp³-hybridized carbons (Fsp3) is 0.333. The van der Waals surface area contributed by atoms with E-state index in [4.69, 9.17) is 0 Å². The molecule has 1 unspecified atom stereocenters. The van der Waals surface area contributed by atoms with Crippen LogP contribution >= 0.6 is 0 Å². The summed E-state index contributed by atoms with van der Waals surface area (Å²) in [7, 11) is 0. The minimum atomic E-state index is -0.391. The molecular weight excluding hydrogens is 348 g/mol. The molecule has 1 heterocycles. The second kappa shape index (κ2) is 6.71. The predicted molar refractivity (Wildman–Crippen MR) is 111 cm³/mol. The van der Waals surface area contributed by atoms with Crippen molar-refractivity contribution in [3.63, 3.8) is 0 Å². The van der Waals surface area contributed by atoms with Gasteiger partial charge in [-0.25, -0.2) is 0 Å². The number of hydrogen-bond acceptors (Lipinski definition) is 4. The third-order valence-electron chi connectivity index (χ3n) is 5.85. The van der Waals surface area contributed by atoms with Crippen molar-refractivity contribution in [3.8, 4) is 0 Å². The van der Waals surface area contributed by atoms with Gasteiger partial charge in [0.15, 0.2) is 0 Å². The first-order chi connectivity index (χ1) is 13.3. The molecule has 4 rings (SSSR count). The van der Waals surface area contributed by atoms with Crippen LogP contribution in [-0.4, -0.2) is 40.1 Å². The van der Waals surface area contributed by atoms with Gasteiger partial charge in [0.1, 0.15) is 0 Å². The van der Waals surface area contributed by atoms with E-state index >= 15 is 0 Å². The van der Waals surface area contributed by atoms with Crippen molar-refractivity contribution < 1.29 is 9.59 Å². The molecule has 0 fully saturated rings. The Bertz CT molecular complexity index is 970. The van der Waals surface area contributed by atoms with Crippen molar-refractivity contribution in [2.75, 3.05) is 13.2 Å². The molecule has 28 heavy (non-hydrogen) atoms. The summed E-state index contributed by atoms with van der Waals surface area (Å²) in [6.07, 6.45) is 0. The summed E-state index contributed by atoms with van der Waals surface area (Å²) in [5.41, 5.74) is 3.99. The van der Waals surface area contributed by atoms with Crippen LogP contribution < -0.4 is 0 Å². The maximum absolute atomic E-state index is 13.0. The minimum Gasteiger partial charge on any atom is -0.351 e. The highest BCUT2D eigenvalue weighted by molar-refractivity contribution is 6.52. The van der Waals surface area contributed by atoms with E-state index in [1.165, 1.54) is 5.56 Å².